The quantitative estimate of drug-likeness (QED) is 0.534. The molecule has 0 nitrogen and oxygen atoms in total. The van der Waals surface area contributed by atoms with Gasteiger partial charge in [-0.15, -0.1) is 0 Å². The molecule has 1 aliphatic carbocycles. The Kier molecular flexibility index (Phi) is 6.36. The Bertz CT molecular complexity index is 391. The summed E-state index contributed by atoms with van der Waals surface area (Å²) in [6.45, 7) is 4.50. The van der Waals surface area contributed by atoms with Crippen LogP contribution in [0.5, 0.6) is 0 Å². The minimum atomic E-state index is 0.807. The summed E-state index contributed by atoms with van der Waals surface area (Å²) < 4.78 is 0. The molecule has 1 saturated carbocycles. The summed E-state index contributed by atoms with van der Waals surface area (Å²) in [6, 6.07) is 9.43. The van der Waals surface area contributed by atoms with E-state index in [1.807, 2.05) is 0 Å². The third-order valence-electron chi connectivity index (χ3n) is 4.63. The Morgan fingerprint density at radius 1 is 0.950 bits per heavy atom. The molecular formula is C20H30. The van der Waals surface area contributed by atoms with Crippen molar-refractivity contribution in [3.8, 4) is 0 Å². The first-order chi connectivity index (χ1) is 9.83. The minimum absolute atomic E-state index is 0.807. The maximum atomic E-state index is 2.48. The zero-order valence-corrected chi connectivity index (χ0v) is 13.3. The predicted octanol–water partition coefficient (Wildman–Crippen LogP) is 6.27. The molecule has 110 valence electrons. The van der Waals surface area contributed by atoms with E-state index < -0.39 is 0 Å². The molecule has 1 aromatic rings. The number of benzene rings is 1. The number of aryl methyl sites for hydroxylation is 1. The molecule has 0 atom stereocenters. The molecule has 1 aromatic carbocycles. The first-order valence-corrected chi connectivity index (χ1v) is 8.59. The molecule has 0 N–H and O–H groups in total. The summed E-state index contributed by atoms with van der Waals surface area (Å²) in [6.07, 6.45) is 15.3. The number of rotatable bonds is 6. The SMILES string of the molecule is CCCC=CC1CCC(c2ccc(CCC)cc2)CC1. The van der Waals surface area contributed by atoms with E-state index in [1.165, 1.54) is 56.9 Å². The fourth-order valence-electron chi connectivity index (χ4n) is 3.35. The van der Waals surface area contributed by atoms with Crippen molar-refractivity contribution in [2.75, 3.05) is 0 Å². The molecule has 0 saturated heterocycles. The van der Waals surface area contributed by atoms with E-state index in [1.54, 1.807) is 5.56 Å². The van der Waals surface area contributed by atoms with Gasteiger partial charge in [0.15, 0.2) is 0 Å². The molecular weight excluding hydrogens is 240 g/mol. The molecule has 0 aliphatic heterocycles. The van der Waals surface area contributed by atoms with Gasteiger partial charge in [0, 0.05) is 0 Å². The van der Waals surface area contributed by atoms with Crippen molar-refractivity contribution in [3.63, 3.8) is 0 Å². The van der Waals surface area contributed by atoms with E-state index in [-0.39, 0.29) is 0 Å². The Morgan fingerprint density at radius 2 is 1.65 bits per heavy atom. The van der Waals surface area contributed by atoms with Crippen molar-refractivity contribution in [3.05, 3.63) is 47.5 Å². The van der Waals surface area contributed by atoms with Crippen LogP contribution in [0, 0.1) is 5.92 Å². The van der Waals surface area contributed by atoms with Crippen LogP contribution in [0.15, 0.2) is 36.4 Å². The number of hydrogen-bond donors (Lipinski definition) is 0. The molecule has 0 heteroatoms. The van der Waals surface area contributed by atoms with Crippen molar-refractivity contribution < 1.29 is 0 Å². The second kappa shape index (κ2) is 8.29. The van der Waals surface area contributed by atoms with E-state index >= 15 is 0 Å². The van der Waals surface area contributed by atoms with Gasteiger partial charge >= 0.3 is 0 Å². The fourth-order valence-corrected chi connectivity index (χ4v) is 3.35. The monoisotopic (exact) mass is 270 g/mol. The van der Waals surface area contributed by atoms with Crippen molar-refractivity contribution in [1.29, 1.82) is 0 Å². The van der Waals surface area contributed by atoms with Gasteiger partial charge in [-0.2, -0.15) is 0 Å². The highest BCUT2D eigenvalue weighted by atomic mass is 14.3. The second-order valence-electron chi connectivity index (χ2n) is 6.32. The van der Waals surface area contributed by atoms with Gasteiger partial charge < -0.3 is 0 Å². The molecule has 2 rings (SSSR count). The first-order valence-electron chi connectivity index (χ1n) is 8.59. The third kappa shape index (κ3) is 4.51. The molecule has 0 heterocycles. The molecule has 20 heavy (non-hydrogen) atoms. The highest BCUT2D eigenvalue weighted by Gasteiger charge is 2.20. The molecule has 0 radical (unpaired) electrons. The topological polar surface area (TPSA) is 0 Å². The van der Waals surface area contributed by atoms with Crippen LogP contribution in [0.4, 0.5) is 0 Å². The van der Waals surface area contributed by atoms with Crippen LogP contribution < -0.4 is 0 Å². The molecule has 0 aromatic heterocycles. The van der Waals surface area contributed by atoms with Crippen molar-refractivity contribution in [2.24, 2.45) is 5.92 Å². The van der Waals surface area contributed by atoms with Crippen LogP contribution in [0.1, 0.15) is 75.8 Å². The summed E-state index contributed by atoms with van der Waals surface area (Å²) in [5.41, 5.74) is 3.06. The van der Waals surface area contributed by atoms with Crippen LogP contribution in [-0.4, -0.2) is 0 Å². The molecule has 0 amide bonds. The second-order valence-corrected chi connectivity index (χ2v) is 6.32. The minimum Gasteiger partial charge on any atom is -0.0883 e. The zero-order valence-electron chi connectivity index (χ0n) is 13.3. The fraction of sp³-hybridized carbons (Fsp3) is 0.600. The van der Waals surface area contributed by atoms with Crippen LogP contribution in [0.3, 0.4) is 0 Å². The van der Waals surface area contributed by atoms with Gasteiger partial charge in [0.25, 0.3) is 0 Å². The predicted molar refractivity (Wildman–Crippen MR) is 89.2 cm³/mol. The van der Waals surface area contributed by atoms with Gasteiger partial charge in [-0.1, -0.05) is 63.1 Å². The highest BCUT2D eigenvalue weighted by Crippen LogP contribution is 2.36. The van der Waals surface area contributed by atoms with E-state index in [2.05, 4.69) is 50.3 Å². The summed E-state index contributed by atoms with van der Waals surface area (Å²) >= 11 is 0. The number of hydrogen-bond acceptors (Lipinski definition) is 0. The van der Waals surface area contributed by atoms with Crippen LogP contribution in [0.25, 0.3) is 0 Å². The summed E-state index contributed by atoms with van der Waals surface area (Å²) in [7, 11) is 0. The standard InChI is InChI=1S/C20H30/c1-3-5-6-8-18-11-15-20(16-12-18)19-13-9-17(7-4-2)10-14-19/h6,8-10,13-14,18,20H,3-5,7,11-12,15-16H2,1-2H3. The highest BCUT2D eigenvalue weighted by molar-refractivity contribution is 5.26. The van der Waals surface area contributed by atoms with Gasteiger partial charge in [0.1, 0.15) is 0 Å². The summed E-state index contributed by atoms with van der Waals surface area (Å²) in [4.78, 5) is 0. The average Bonchev–Trinajstić information content (AvgIpc) is 2.49. The summed E-state index contributed by atoms with van der Waals surface area (Å²) in [5, 5.41) is 0. The third-order valence-corrected chi connectivity index (χ3v) is 4.63. The maximum absolute atomic E-state index is 2.48. The van der Waals surface area contributed by atoms with E-state index in [9.17, 15) is 0 Å². The van der Waals surface area contributed by atoms with Crippen LogP contribution in [0.2, 0.25) is 0 Å². The van der Waals surface area contributed by atoms with Gasteiger partial charge in [-0.25, -0.2) is 0 Å². The number of allylic oxidation sites excluding steroid dienone is 2. The molecule has 0 bridgehead atoms. The van der Waals surface area contributed by atoms with E-state index in [0.717, 1.165) is 11.8 Å². The van der Waals surface area contributed by atoms with E-state index in [0.29, 0.717) is 0 Å². The van der Waals surface area contributed by atoms with Gasteiger partial charge in [0.2, 0.25) is 0 Å². The first kappa shape index (κ1) is 15.4. The molecule has 1 aliphatic rings. The largest absolute Gasteiger partial charge is 0.0883 e. The van der Waals surface area contributed by atoms with Gasteiger partial charge in [-0.3, -0.25) is 0 Å². The maximum Gasteiger partial charge on any atom is -0.0162 e. The number of unbranched alkanes of at least 4 members (excludes halogenated alkanes) is 1. The lowest BCUT2D eigenvalue weighted by molar-refractivity contribution is 0.375. The van der Waals surface area contributed by atoms with E-state index in [4.69, 9.17) is 0 Å². The van der Waals surface area contributed by atoms with Crippen molar-refractivity contribution in [1.82, 2.24) is 0 Å². The lowest BCUT2D eigenvalue weighted by Gasteiger charge is -2.27. The lowest BCUT2D eigenvalue weighted by Crippen LogP contribution is -2.11. The normalized spacial score (nSPS) is 23.3. The summed E-state index contributed by atoms with van der Waals surface area (Å²) in [5.74, 6) is 1.65. The zero-order chi connectivity index (χ0) is 14.2. The van der Waals surface area contributed by atoms with Crippen LogP contribution >= 0.6 is 0 Å². The smallest absolute Gasteiger partial charge is 0.0162 e. The van der Waals surface area contributed by atoms with Gasteiger partial charge in [0.05, 0.1) is 0 Å². The molecule has 0 spiro atoms. The Labute approximate surface area is 125 Å². The Morgan fingerprint density at radius 3 is 2.25 bits per heavy atom. The van der Waals surface area contributed by atoms with Crippen molar-refractivity contribution in [2.45, 2.75) is 71.1 Å². The van der Waals surface area contributed by atoms with Gasteiger partial charge in [-0.05, 0) is 61.5 Å². The Hall–Kier alpha value is -1.04. The molecule has 1 fully saturated rings. The average molecular weight is 270 g/mol. The lowest BCUT2D eigenvalue weighted by atomic mass is 9.78. The molecule has 0 unspecified atom stereocenters. The van der Waals surface area contributed by atoms with Crippen LogP contribution in [-0.2, 0) is 6.42 Å². The Balaban J connectivity index is 1.83. The van der Waals surface area contributed by atoms with Crippen molar-refractivity contribution >= 4 is 0 Å².